The molecule has 0 atom stereocenters. The molecule has 1 heterocycles. The van der Waals surface area contributed by atoms with Crippen LogP contribution < -0.4 is 10.0 Å². The SMILES string of the molecule is Cc1cc(NCc2ccc(O)cn2)ccc1NS(C)(=O)=O. The third kappa shape index (κ3) is 4.64. The van der Waals surface area contributed by atoms with E-state index in [4.69, 9.17) is 5.11 Å². The molecule has 7 heteroatoms. The number of aromatic nitrogens is 1. The Morgan fingerprint density at radius 2 is 2.00 bits per heavy atom. The fourth-order valence-corrected chi connectivity index (χ4v) is 2.43. The number of benzene rings is 1. The van der Waals surface area contributed by atoms with Gasteiger partial charge in [-0.3, -0.25) is 9.71 Å². The van der Waals surface area contributed by atoms with Gasteiger partial charge in [0.1, 0.15) is 5.75 Å². The number of rotatable bonds is 5. The molecule has 2 aromatic rings. The number of aromatic hydroxyl groups is 1. The van der Waals surface area contributed by atoms with Crippen LogP contribution in [0.3, 0.4) is 0 Å². The molecule has 0 fully saturated rings. The summed E-state index contributed by atoms with van der Waals surface area (Å²) in [5.41, 5.74) is 3.04. The summed E-state index contributed by atoms with van der Waals surface area (Å²) in [6, 6.07) is 8.67. The second-order valence-electron chi connectivity index (χ2n) is 4.77. The van der Waals surface area contributed by atoms with E-state index >= 15 is 0 Å². The molecule has 0 aliphatic carbocycles. The van der Waals surface area contributed by atoms with Gasteiger partial charge in [-0.05, 0) is 42.8 Å². The van der Waals surface area contributed by atoms with Crippen LogP contribution in [0.25, 0.3) is 0 Å². The zero-order chi connectivity index (χ0) is 15.5. The van der Waals surface area contributed by atoms with Crippen LogP contribution in [0.4, 0.5) is 11.4 Å². The molecule has 0 saturated carbocycles. The van der Waals surface area contributed by atoms with E-state index < -0.39 is 10.0 Å². The Hall–Kier alpha value is -2.28. The summed E-state index contributed by atoms with van der Waals surface area (Å²) in [6.45, 7) is 2.34. The Bertz CT molecular complexity index is 728. The highest BCUT2D eigenvalue weighted by Crippen LogP contribution is 2.21. The van der Waals surface area contributed by atoms with E-state index in [9.17, 15) is 8.42 Å². The van der Waals surface area contributed by atoms with Gasteiger partial charge < -0.3 is 10.4 Å². The van der Waals surface area contributed by atoms with Crippen molar-refractivity contribution in [1.82, 2.24) is 4.98 Å². The summed E-state index contributed by atoms with van der Waals surface area (Å²) in [4.78, 5) is 4.08. The number of hydrogen-bond acceptors (Lipinski definition) is 5. The number of aryl methyl sites for hydroxylation is 1. The van der Waals surface area contributed by atoms with Crippen LogP contribution in [-0.2, 0) is 16.6 Å². The van der Waals surface area contributed by atoms with Crippen molar-refractivity contribution < 1.29 is 13.5 Å². The molecular formula is C14H17N3O3S. The fraction of sp³-hybridized carbons (Fsp3) is 0.214. The molecule has 1 aromatic carbocycles. The van der Waals surface area contributed by atoms with Crippen LogP contribution in [0, 0.1) is 6.92 Å². The van der Waals surface area contributed by atoms with Crippen molar-refractivity contribution in [2.75, 3.05) is 16.3 Å². The average Bonchev–Trinajstić information content (AvgIpc) is 2.40. The van der Waals surface area contributed by atoms with Crippen LogP contribution in [-0.4, -0.2) is 24.8 Å². The highest BCUT2D eigenvalue weighted by atomic mass is 32.2. The number of anilines is 2. The quantitative estimate of drug-likeness (QED) is 0.786. The number of nitrogens with zero attached hydrogens (tertiary/aromatic N) is 1. The fourth-order valence-electron chi connectivity index (χ4n) is 1.80. The summed E-state index contributed by atoms with van der Waals surface area (Å²) in [6.07, 6.45) is 2.51. The molecule has 0 aliphatic rings. The molecule has 0 unspecified atom stereocenters. The lowest BCUT2D eigenvalue weighted by Gasteiger charge is -2.11. The largest absolute Gasteiger partial charge is 0.506 e. The van der Waals surface area contributed by atoms with E-state index in [0.717, 1.165) is 23.2 Å². The van der Waals surface area contributed by atoms with Crippen LogP contribution in [0.2, 0.25) is 0 Å². The molecule has 21 heavy (non-hydrogen) atoms. The molecule has 0 aliphatic heterocycles. The zero-order valence-electron chi connectivity index (χ0n) is 11.8. The molecule has 0 spiro atoms. The molecule has 0 saturated heterocycles. The summed E-state index contributed by atoms with van der Waals surface area (Å²) in [7, 11) is -3.28. The van der Waals surface area contributed by atoms with Gasteiger partial charge in [0.15, 0.2) is 0 Å². The Kier molecular flexibility index (Phi) is 4.32. The summed E-state index contributed by atoms with van der Waals surface area (Å²) >= 11 is 0. The van der Waals surface area contributed by atoms with Crippen molar-refractivity contribution in [3.8, 4) is 5.75 Å². The Morgan fingerprint density at radius 1 is 1.24 bits per heavy atom. The Balaban J connectivity index is 2.05. The van der Waals surface area contributed by atoms with Crippen LogP contribution >= 0.6 is 0 Å². The van der Waals surface area contributed by atoms with Gasteiger partial charge in [0, 0.05) is 5.69 Å². The molecule has 0 radical (unpaired) electrons. The first kappa shape index (κ1) is 15.1. The maximum atomic E-state index is 11.2. The summed E-state index contributed by atoms with van der Waals surface area (Å²) in [5.74, 6) is 0.130. The first-order valence-electron chi connectivity index (χ1n) is 6.30. The van der Waals surface area contributed by atoms with E-state index in [2.05, 4.69) is 15.0 Å². The zero-order valence-corrected chi connectivity index (χ0v) is 12.6. The molecule has 1 aromatic heterocycles. The second kappa shape index (κ2) is 6.01. The molecule has 6 nitrogen and oxygen atoms in total. The van der Waals surface area contributed by atoms with Gasteiger partial charge in [-0.1, -0.05) is 0 Å². The highest BCUT2D eigenvalue weighted by Gasteiger charge is 2.05. The van der Waals surface area contributed by atoms with Gasteiger partial charge in [0.2, 0.25) is 10.0 Å². The number of pyridine rings is 1. The predicted molar refractivity (Wildman–Crippen MR) is 82.9 cm³/mol. The summed E-state index contributed by atoms with van der Waals surface area (Å²) in [5, 5.41) is 12.4. The van der Waals surface area contributed by atoms with Gasteiger partial charge in [-0.25, -0.2) is 8.42 Å². The Labute approximate surface area is 123 Å². The molecule has 112 valence electrons. The highest BCUT2D eigenvalue weighted by molar-refractivity contribution is 7.92. The lowest BCUT2D eigenvalue weighted by molar-refractivity contribution is 0.472. The first-order valence-corrected chi connectivity index (χ1v) is 8.19. The minimum absolute atomic E-state index is 0.130. The first-order chi connectivity index (χ1) is 9.83. The van der Waals surface area contributed by atoms with Crippen LogP contribution in [0.1, 0.15) is 11.3 Å². The number of nitrogens with one attached hydrogen (secondary N) is 2. The number of hydrogen-bond donors (Lipinski definition) is 3. The summed E-state index contributed by atoms with van der Waals surface area (Å²) < 4.78 is 24.9. The molecule has 3 N–H and O–H groups in total. The lowest BCUT2D eigenvalue weighted by atomic mass is 10.2. The van der Waals surface area contributed by atoms with Crippen molar-refractivity contribution in [1.29, 1.82) is 0 Å². The van der Waals surface area contributed by atoms with Gasteiger partial charge in [-0.15, -0.1) is 0 Å². The van der Waals surface area contributed by atoms with E-state index in [1.165, 1.54) is 6.20 Å². The topological polar surface area (TPSA) is 91.3 Å². The van der Waals surface area contributed by atoms with Crippen molar-refractivity contribution in [3.63, 3.8) is 0 Å². The Morgan fingerprint density at radius 3 is 2.57 bits per heavy atom. The normalized spacial score (nSPS) is 11.1. The van der Waals surface area contributed by atoms with Crippen molar-refractivity contribution in [2.24, 2.45) is 0 Å². The van der Waals surface area contributed by atoms with Crippen molar-refractivity contribution >= 4 is 21.4 Å². The van der Waals surface area contributed by atoms with Gasteiger partial charge in [0.05, 0.1) is 30.4 Å². The molecule has 2 rings (SSSR count). The van der Waals surface area contributed by atoms with Crippen molar-refractivity contribution in [2.45, 2.75) is 13.5 Å². The van der Waals surface area contributed by atoms with Gasteiger partial charge in [0.25, 0.3) is 0 Å². The van der Waals surface area contributed by atoms with Crippen LogP contribution in [0.5, 0.6) is 5.75 Å². The average molecular weight is 307 g/mol. The monoisotopic (exact) mass is 307 g/mol. The molecular weight excluding hydrogens is 290 g/mol. The second-order valence-corrected chi connectivity index (χ2v) is 6.51. The van der Waals surface area contributed by atoms with Gasteiger partial charge in [-0.2, -0.15) is 0 Å². The maximum absolute atomic E-state index is 11.2. The van der Waals surface area contributed by atoms with Crippen molar-refractivity contribution in [3.05, 3.63) is 47.8 Å². The maximum Gasteiger partial charge on any atom is 0.229 e. The molecule has 0 amide bonds. The smallest absolute Gasteiger partial charge is 0.229 e. The standard InChI is InChI=1S/C14H17N3O3S/c1-10-7-11(4-6-14(10)17-21(2,19)20)15-8-12-3-5-13(18)9-16-12/h3-7,9,15,17-18H,8H2,1-2H3. The van der Waals surface area contributed by atoms with E-state index in [1.807, 2.05) is 13.0 Å². The number of sulfonamides is 1. The van der Waals surface area contributed by atoms with Crippen LogP contribution in [0.15, 0.2) is 36.5 Å². The minimum atomic E-state index is -3.28. The minimum Gasteiger partial charge on any atom is -0.506 e. The van der Waals surface area contributed by atoms with E-state index in [-0.39, 0.29) is 5.75 Å². The van der Waals surface area contributed by atoms with E-state index in [1.54, 1.807) is 24.3 Å². The third-order valence-electron chi connectivity index (χ3n) is 2.80. The van der Waals surface area contributed by atoms with Gasteiger partial charge >= 0.3 is 0 Å². The predicted octanol–water partition coefficient (Wildman–Crippen LogP) is 2.08. The van der Waals surface area contributed by atoms with E-state index in [0.29, 0.717) is 12.2 Å². The third-order valence-corrected chi connectivity index (χ3v) is 3.40. The lowest BCUT2D eigenvalue weighted by Crippen LogP contribution is -2.10. The molecule has 0 bridgehead atoms.